The number of hydrogen-bond donors (Lipinski definition) is 1. The first-order valence-electron chi connectivity index (χ1n) is 4.62. The summed E-state index contributed by atoms with van der Waals surface area (Å²) in [7, 11) is 1.54. The molecule has 0 heterocycles. The summed E-state index contributed by atoms with van der Waals surface area (Å²) in [6.07, 6.45) is 0.340. The van der Waals surface area contributed by atoms with Crippen LogP contribution in [-0.2, 0) is 0 Å². The molecular weight excluding hydrogens is 180 g/mol. The highest BCUT2D eigenvalue weighted by Gasteiger charge is 2.26. The summed E-state index contributed by atoms with van der Waals surface area (Å²) in [4.78, 5) is 11.5. The highest BCUT2D eigenvalue weighted by atomic mass is 16.5. The zero-order valence-corrected chi connectivity index (χ0v) is 7.99. The molecule has 1 aliphatic carbocycles. The predicted molar refractivity (Wildman–Crippen MR) is 51.5 cm³/mol. The quantitative estimate of drug-likeness (QED) is 0.736. The summed E-state index contributed by atoms with van der Waals surface area (Å²) < 4.78 is 5.12. The van der Waals surface area contributed by atoms with Crippen molar-refractivity contribution in [3.63, 3.8) is 0 Å². The van der Waals surface area contributed by atoms with Crippen molar-refractivity contribution in [2.24, 2.45) is 0 Å². The Kier molecular flexibility index (Phi) is 2.25. The summed E-state index contributed by atoms with van der Waals surface area (Å²) in [5.74, 6) is 0.687. The Morgan fingerprint density at radius 3 is 3.00 bits per heavy atom. The number of hydrogen-bond acceptors (Lipinski definition) is 3. The maximum Gasteiger partial charge on any atom is 0.163 e. The van der Waals surface area contributed by atoms with E-state index in [1.807, 2.05) is 0 Å². The van der Waals surface area contributed by atoms with Gasteiger partial charge in [0.1, 0.15) is 5.75 Å². The average molecular weight is 192 g/mol. The maximum absolute atomic E-state index is 11.5. The van der Waals surface area contributed by atoms with Crippen molar-refractivity contribution in [3.05, 3.63) is 29.3 Å². The highest BCUT2D eigenvalue weighted by Crippen LogP contribution is 2.35. The van der Waals surface area contributed by atoms with Gasteiger partial charge in [-0.15, -0.1) is 0 Å². The smallest absolute Gasteiger partial charge is 0.163 e. The van der Waals surface area contributed by atoms with E-state index in [1.165, 1.54) is 0 Å². The molecular formula is C11H12O3. The summed E-state index contributed by atoms with van der Waals surface area (Å²) in [5, 5.41) is 9.76. The van der Waals surface area contributed by atoms with Crippen molar-refractivity contribution >= 4 is 5.78 Å². The molecule has 0 bridgehead atoms. The zero-order valence-electron chi connectivity index (χ0n) is 7.99. The standard InChI is InChI=1S/C11H12O3/c1-14-10-4-2-3-7-8(12)5-6-9(13)11(7)10/h2-4,9,13H,5-6H2,1H3/t9-/m1/s1. The molecule has 0 aliphatic heterocycles. The number of ketones is 1. The third-order valence-electron chi connectivity index (χ3n) is 2.56. The van der Waals surface area contributed by atoms with Gasteiger partial charge >= 0.3 is 0 Å². The largest absolute Gasteiger partial charge is 0.496 e. The minimum absolute atomic E-state index is 0.0872. The van der Waals surface area contributed by atoms with Crippen molar-refractivity contribution in [1.29, 1.82) is 0 Å². The van der Waals surface area contributed by atoms with Gasteiger partial charge in [-0.2, -0.15) is 0 Å². The van der Waals surface area contributed by atoms with Gasteiger partial charge in [0.05, 0.1) is 13.2 Å². The fraction of sp³-hybridized carbons (Fsp3) is 0.364. The van der Waals surface area contributed by atoms with Gasteiger partial charge in [0.2, 0.25) is 0 Å². The van der Waals surface area contributed by atoms with Crippen molar-refractivity contribution in [1.82, 2.24) is 0 Å². The van der Waals surface area contributed by atoms with Gasteiger partial charge in [0.15, 0.2) is 5.78 Å². The predicted octanol–water partition coefficient (Wildman–Crippen LogP) is 1.71. The molecule has 1 atom stereocenters. The van der Waals surface area contributed by atoms with Crippen LogP contribution in [0.5, 0.6) is 5.75 Å². The van der Waals surface area contributed by atoms with Gasteiger partial charge in [0.25, 0.3) is 0 Å². The first kappa shape index (κ1) is 9.21. The molecule has 0 saturated heterocycles. The molecule has 0 unspecified atom stereocenters. The van der Waals surface area contributed by atoms with E-state index >= 15 is 0 Å². The lowest BCUT2D eigenvalue weighted by Crippen LogP contribution is -2.16. The molecule has 1 N–H and O–H groups in total. The Hall–Kier alpha value is -1.35. The Bertz CT molecular complexity index is 371. The van der Waals surface area contributed by atoms with Crippen LogP contribution in [0.15, 0.2) is 18.2 Å². The summed E-state index contributed by atoms with van der Waals surface area (Å²) in [6.45, 7) is 0. The van der Waals surface area contributed by atoms with E-state index in [1.54, 1.807) is 25.3 Å². The molecule has 3 nitrogen and oxygen atoms in total. The lowest BCUT2D eigenvalue weighted by Gasteiger charge is -2.22. The van der Waals surface area contributed by atoms with Crippen LogP contribution < -0.4 is 4.74 Å². The van der Waals surface area contributed by atoms with Crippen LogP contribution in [0.25, 0.3) is 0 Å². The second kappa shape index (κ2) is 3.42. The van der Waals surface area contributed by atoms with Crippen molar-refractivity contribution < 1.29 is 14.6 Å². The molecule has 0 saturated carbocycles. The van der Waals surface area contributed by atoms with Crippen LogP contribution in [0.2, 0.25) is 0 Å². The van der Waals surface area contributed by atoms with Crippen LogP contribution in [0.4, 0.5) is 0 Å². The van der Waals surface area contributed by atoms with Gasteiger partial charge < -0.3 is 9.84 Å². The Morgan fingerprint density at radius 2 is 2.29 bits per heavy atom. The topological polar surface area (TPSA) is 46.5 Å². The minimum Gasteiger partial charge on any atom is -0.496 e. The lowest BCUT2D eigenvalue weighted by molar-refractivity contribution is 0.0892. The van der Waals surface area contributed by atoms with Crippen molar-refractivity contribution in [2.75, 3.05) is 7.11 Å². The lowest BCUT2D eigenvalue weighted by atomic mass is 9.88. The van der Waals surface area contributed by atoms with Crippen molar-refractivity contribution in [3.8, 4) is 5.75 Å². The Morgan fingerprint density at radius 1 is 1.50 bits per heavy atom. The van der Waals surface area contributed by atoms with Crippen molar-refractivity contribution in [2.45, 2.75) is 18.9 Å². The monoisotopic (exact) mass is 192 g/mol. The summed E-state index contributed by atoms with van der Waals surface area (Å²) in [6, 6.07) is 5.27. The number of ether oxygens (including phenoxy) is 1. The first-order chi connectivity index (χ1) is 6.74. The zero-order chi connectivity index (χ0) is 10.1. The molecule has 0 aromatic heterocycles. The van der Waals surface area contributed by atoms with Crippen LogP contribution in [-0.4, -0.2) is 18.0 Å². The molecule has 0 fully saturated rings. The third kappa shape index (κ3) is 1.30. The summed E-state index contributed by atoms with van der Waals surface area (Å²) in [5.41, 5.74) is 1.24. The maximum atomic E-state index is 11.5. The minimum atomic E-state index is -0.571. The molecule has 0 amide bonds. The van der Waals surface area contributed by atoms with Gasteiger partial charge in [0, 0.05) is 17.5 Å². The van der Waals surface area contributed by atoms with E-state index in [9.17, 15) is 9.90 Å². The molecule has 0 spiro atoms. The molecule has 0 radical (unpaired) electrons. The summed E-state index contributed by atoms with van der Waals surface area (Å²) >= 11 is 0. The Labute approximate surface area is 82.3 Å². The number of Topliss-reactive ketones (excluding diaryl/α,β-unsaturated/α-hetero) is 1. The van der Waals surface area contributed by atoms with E-state index in [-0.39, 0.29) is 5.78 Å². The average Bonchev–Trinajstić information content (AvgIpc) is 2.23. The normalized spacial score (nSPS) is 20.4. The third-order valence-corrected chi connectivity index (χ3v) is 2.56. The number of aliphatic hydroxyl groups is 1. The number of carbonyl (C=O) groups is 1. The number of carbonyl (C=O) groups excluding carboxylic acids is 1. The van der Waals surface area contributed by atoms with E-state index in [0.29, 0.717) is 29.7 Å². The van der Waals surface area contributed by atoms with Gasteiger partial charge in [-0.1, -0.05) is 12.1 Å². The number of methoxy groups -OCH3 is 1. The first-order valence-corrected chi connectivity index (χ1v) is 4.62. The van der Waals surface area contributed by atoms with E-state index in [4.69, 9.17) is 4.74 Å². The molecule has 2 rings (SSSR count). The van der Waals surface area contributed by atoms with E-state index in [2.05, 4.69) is 0 Å². The fourth-order valence-corrected chi connectivity index (χ4v) is 1.86. The fourth-order valence-electron chi connectivity index (χ4n) is 1.86. The SMILES string of the molecule is COc1cccc2c1[C@H](O)CCC2=O. The number of rotatable bonds is 1. The van der Waals surface area contributed by atoms with E-state index in [0.717, 1.165) is 0 Å². The van der Waals surface area contributed by atoms with Crippen LogP contribution in [0.1, 0.15) is 34.9 Å². The molecule has 14 heavy (non-hydrogen) atoms. The van der Waals surface area contributed by atoms with Gasteiger partial charge in [-0.05, 0) is 12.5 Å². The highest BCUT2D eigenvalue weighted by molar-refractivity contribution is 5.99. The number of fused-ring (bicyclic) bond motifs is 1. The van der Waals surface area contributed by atoms with Gasteiger partial charge in [-0.25, -0.2) is 0 Å². The Balaban J connectivity index is 2.60. The van der Waals surface area contributed by atoms with Gasteiger partial charge in [-0.3, -0.25) is 4.79 Å². The van der Waals surface area contributed by atoms with Crippen LogP contribution in [0.3, 0.4) is 0 Å². The molecule has 3 heteroatoms. The second-order valence-electron chi connectivity index (χ2n) is 3.40. The molecule has 1 aromatic carbocycles. The second-order valence-corrected chi connectivity index (χ2v) is 3.40. The molecule has 1 aromatic rings. The van der Waals surface area contributed by atoms with E-state index < -0.39 is 6.10 Å². The van der Waals surface area contributed by atoms with Crippen LogP contribution >= 0.6 is 0 Å². The number of benzene rings is 1. The number of aliphatic hydroxyl groups excluding tert-OH is 1. The molecule has 74 valence electrons. The van der Waals surface area contributed by atoms with Crippen LogP contribution in [0, 0.1) is 0 Å². The molecule has 1 aliphatic rings.